The predicted molar refractivity (Wildman–Crippen MR) is 79.5 cm³/mol. The van der Waals surface area contributed by atoms with Gasteiger partial charge in [-0.3, -0.25) is 4.79 Å². The molecule has 0 unspecified atom stereocenters. The zero-order chi connectivity index (χ0) is 17.0. The molecule has 0 spiro atoms. The molecule has 2 rings (SSSR count). The molecule has 0 saturated carbocycles. The minimum absolute atomic E-state index is 0.160. The summed E-state index contributed by atoms with van der Waals surface area (Å²) in [6.45, 7) is 0. The van der Waals surface area contributed by atoms with E-state index in [1.807, 2.05) is 6.07 Å². The first-order valence-corrected chi connectivity index (χ1v) is 6.34. The Labute approximate surface area is 130 Å². The number of hydrogen-bond acceptors (Lipinski definition) is 4. The van der Waals surface area contributed by atoms with Crippen LogP contribution in [0, 0.1) is 11.3 Å². The van der Waals surface area contributed by atoms with E-state index in [-0.39, 0.29) is 11.1 Å². The number of nitriles is 1. The lowest BCUT2D eigenvalue weighted by molar-refractivity contribution is 0.0692. The fraction of sp³-hybridized carbons (Fsp3) is 0. The highest BCUT2D eigenvalue weighted by Crippen LogP contribution is 2.16. The summed E-state index contributed by atoms with van der Waals surface area (Å²) in [6.07, 6.45) is 0. The summed E-state index contributed by atoms with van der Waals surface area (Å²) in [5.41, 5.74) is 0.00733. The number of amides is 1. The van der Waals surface area contributed by atoms with Gasteiger partial charge in [-0.05, 0) is 42.5 Å². The van der Waals surface area contributed by atoms with E-state index < -0.39 is 23.4 Å². The van der Waals surface area contributed by atoms with E-state index in [4.69, 9.17) is 15.5 Å². The highest BCUT2D eigenvalue weighted by molar-refractivity contribution is 6.11. The Balaban J connectivity index is 2.32. The number of nitrogens with zero attached hydrogens (tertiary/aromatic N) is 1. The molecular formula is C16H10N2O5. The smallest absolute Gasteiger partial charge is 0.336 e. The molecule has 2 aromatic carbocycles. The van der Waals surface area contributed by atoms with Gasteiger partial charge in [-0.2, -0.15) is 5.26 Å². The zero-order valence-electron chi connectivity index (χ0n) is 11.6. The van der Waals surface area contributed by atoms with Crippen molar-refractivity contribution >= 4 is 23.5 Å². The first-order chi connectivity index (χ1) is 10.9. The van der Waals surface area contributed by atoms with Crippen LogP contribution >= 0.6 is 0 Å². The number of carbonyl (C=O) groups excluding carboxylic acids is 1. The Bertz CT molecular complexity index is 835. The third-order valence-electron chi connectivity index (χ3n) is 3.01. The third kappa shape index (κ3) is 3.51. The van der Waals surface area contributed by atoms with Gasteiger partial charge in [0.15, 0.2) is 0 Å². The van der Waals surface area contributed by atoms with Gasteiger partial charge in [0.2, 0.25) is 0 Å². The standard InChI is InChI=1S/C16H10N2O5/c17-8-9-1-4-11(5-2-9)18-14(19)12-6-3-10(15(20)21)7-13(12)16(22)23/h1-7H,(H,18,19)(H,20,21)(H,22,23). The summed E-state index contributed by atoms with van der Waals surface area (Å²) in [7, 11) is 0. The van der Waals surface area contributed by atoms with E-state index in [2.05, 4.69) is 5.32 Å². The van der Waals surface area contributed by atoms with E-state index in [0.717, 1.165) is 18.2 Å². The van der Waals surface area contributed by atoms with Crippen LogP contribution < -0.4 is 5.32 Å². The number of benzene rings is 2. The molecule has 3 N–H and O–H groups in total. The normalized spacial score (nSPS) is 9.70. The van der Waals surface area contributed by atoms with Crippen molar-refractivity contribution in [3.63, 3.8) is 0 Å². The van der Waals surface area contributed by atoms with Gasteiger partial charge in [-0.1, -0.05) is 0 Å². The summed E-state index contributed by atoms with van der Waals surface area (Å²) in [5.74, 6) is -3.38. The van der Waals surface area contributed by atoms with Crippen molar-refractivity contribution in [1.82, 2.24) is 0 Å². The van der Waals surface area contributed by atoms with Crippen molar-refractivity contribution in [2.45, 2.75) is 0 Å². The van der Waals surface area contributed by atoms with Crippen molar-refractivity contribution in [2.24, 2.45) is 0 Å². The van der Waals surface area contributed by atoms with E-state index in [1.54, 1.807) is 0 Å². The number of carboxylic acid groups (broad SMARTS) is 2. The van der Waals surface area contributed by atoms with Crippen molar-refractivity contribution in [1.29, 1.82) is 5.26 Å². The molecule has 7 heteroatoms. The van der Waals surface area contributed by atoms with Crippen molar-refractivity contribution < 1.29 is 24.6 Å². The molecule has 114 valence electrons. The molecule has 0 fully saturated rings. The lowest BCUT2D eigenvalue weighted by Crippen LogP contribution is -2.17. The lowest BCUT2D eigenvalue weighted by atomic mass is 10.0. The van der Waals surface area contributed by atoms with Crippen LogP contribution in [0.1, 0.15) is 36.6 Å². The average Bonchev–Trinajstić information content (AvgIpc) is 2.54. The number of nitrogens with one attached hydrogen (secondary N) is 1. The van der Waals surface area contributed by atoms with Gasteiger partial charge in [0.05, 0.1) is 28.3 Å². The summed E-state index contributed by atoms with van der Waals surface area (Å²) in [4.78, 5) is 34.3. The van der Waals surface area contributed by atoms with Gasteiger partial charge in [0.1, 0.15) is 0 Å². The van der Waals surface area contributed by atoms with Crippen LogP contribution in [0.4, 0.5) is 5.69 Å². The SMILES string of the molecule is N#Cc1ccc(NC(=O)c2ccc(C(=O)O)cc2C(=O)O)cc1. The van der Waals surface area contributed by atoms with Gasteiger partial charge < -0.3 is 15.5 Å². The summed E-state index contributed by atoms with van der Waals surface area (Å²) < 4.78 is 0. The molecule has 0 aliphatic heterocycles. The molecule has 0 radical (unpaired) electrons. The molecule has 7 nitrogen and oxygen atoms in total. The van der Waals surface area contributed by atoms with Crippen LogP contribution in [0.3, 0.4) is 0 Å². The summed E-state index contributed by atoms with van der Waals surface area (Å²) >= 11 is 0. The zero-order valence-corrected chi connectivity index (χ0v) is 11.6. The minimum Gasteiger partial charge on any atom is -0.478 e. The van der Waals surface area contributed by atoms with Crippen LogP contribution in [0.2, 0.25) is 0 Å². The molecule has 0 saturated heterocycles. The van der Waals surface area contributed by atoms with Crippen LogP contribution in [0.5, 0.6) is 0 Å². The first kappa shape index (κ1) is 15.7. The Morgan fingerprint density at radius 1 is 0.913 bits per heavy atom. The van der Waals surface area contributed by atoms with Crippen LogP contribution in [0.15, 0.2) is 42.5 Å². The summed E-state index contributed by atoms with van der Waals surface area (Å²) in [6, 6.07) is 11.2. The lowest BCUT2D eigenvalue weighted by Gasteiger charge is -2.08. The molecule has 2 aromatic rings. The van der Waals surface area contributed by atoms with Gasteiger partial charge in [0, 0.05) is 5.69 Å². The highest BCUT2D eigenvalue weighted by atomic mass is 16.4. The van der Waals surface area contributed by atoms with Gasteiger partial charge in [0.25, 0.3) is 5.91 Å². The maximum absolute atomic E-state index is 12.2. The van der Waals surface area contributed by atoms with E-state index in [1.165, 1.54) is 24.3 Å². The molecule has 0 aliphatic carbocycles. The predicted octanol–water partition coefficient (Wildman–Crippen LogP) is 2.21. The minimum atomic E-state index is -1.40. The molecule has 0 bridgehead atoms. The Hall–Kier alpha value is -3.66. The monoisotopic (exact) mass is 310 g/mol. The van der Waals surface area contributed by atoms with Crippen LogP contribution in [0.25, 0.3) is 0 Å². The molecule has 0 atom stereocenters. The quantitative estimate of drug-likeness (QED) is 0.794. The third-order valence-corrected chi connectivity index (χ3v) is 3.01. The van der Waals surface area contributed by atoms with Crippen molar-refractivity contribution in [2.75, 3.05) is 5.32 Å². The maximum Gasteiger partial charge on any atom is 0.336 e. The maximum atomic E-state index is 12.2. The molecule has 0 aliphatic rings. The number of carboxylic acids is 2. The molecule has 23 heavy (non-hydrogen) atoms. The highest BCUT2D eigenvalue weighted by Gasteiger charge is 2.19. The Kier molecular flexibility index (Phi) is 4.38. The number of rotatable bonds is 4. The number of aromatic carboxylic acids is 2. The fourth-order valence-corrected chi connectivity index (χ4v) is 1.88. The van der Waals surface area contributed by atoms with Crippen LogP contribution in [-0.4, -0.2) is 28.1 Å². The van der Waals surface area contributed by atoms with Crippen LogP contribution in [-0.2, 0) is 0 Å². The largest absolute Gasteiger partial charge is 0.478 e. The van der Waals surface area contributed by atoms with Crippen molar-refractivity contribution in [3.05, 3.63) is 64.7 Å². The molecule has 1 amide bonds. The first-order valence-electron chi connectivity index (χ1n) is 6.34. The number of carbonyl (C=O) groups is 3. The molecular weight excluding hydrogens is 300 g/mol. The topological polar surface area (TPSA) is 127 Å². The van der Waals surface area contributed by atoms with Gasteiger partial charge in [-0.15, -0.1) is 0 Å². The second-order valence-electron chi connectivity index (χ2n) is 4.51. The van der Waals surface area contributed by atoms with E-state index in [0.29, 0.717) is 11.3 Å². The number of hydrogen-bond donors (Lipinski definition) is 3. The van der Waals surface area contributed by atoms with Crippen molar-refractivity contribution in [3.8, 4) is 6.07 Å². The fourth-order valence-electron chi connectivity index (χ4n) is 1.88. The van der Waals surface area contributed by atoms with Gasteiger partial charge >= 0.3 is 11.9 Å². The molecule has 0 heterocycles. The summed E-state index contributed by atoms with van der Waals surface area (Å²) in [5, 5.41) is 29.2. The number of anilines is 1. The second-order valence-corrected chi connectivity index (χ2v) is 4.51. The van der Waals surface area contributed by atoms with Gasteiger partial charge in [-0.25, -0.2) is 9.59 Å². The second kappa shape index (κ2) is 6.41. The van der Waals surface area contributed by atoms with E-state index in [9.17, 15) is 14.4 Å². The molecule has 0 aromatic heterocycles. The average molecular weight is 310 g/mol. The Morgan fingerprint density at radius 3 is 2.09 bits per heavy atom. The Morgan fingerprint density at radius 2 is 1.57 bits per heavy atom. The van der Waals surface area contributed by atoms with E-state index >= 15 is 0 Å².